The van der Waals surface area contributed by atoms with Gasteiger partial charge in [0.2, 0.25) is 5.91 Å². The second-order valence-corrected chi connectivity index (χ2v) is 11.7. The topological polar surface area (TPSA) is 90.3 Å². The Morgan fingerprint density at radius 1 is 1.15 bits per heavy atom. The van der Waals surface area contributed by atoms with Crippen molar-refractivity contribution in [2.75, 3.05) is 18.6 Å². The summed E-state index contributed by atoms with van der Waals surface area (Å²) in [5.74, 6) is -0.585. The van der Waals surface area contributed by atoms with E-state index in [0.717, 1.165) is 20.3 Å². The number of rotatable bonds is 8. The van der Waals surface area contributed by atoms with Crippen molar-refractivity contribution < 1.29 is 24.5 Å². The molecule has 40 heavy (non-hydrogen) atoms. The number of aliphatic hydroxyl groups is 2. The van der Waals surface area contributed by atoms with Crippen LogP contribution in [-0.4, -0.2) is 46.7 Å². The van der Waals surface area contributed by atoms with Crippen molar-refractivity contribution in [3.63, 3.8) is 0 Å². The molecule has 0 spiro atoms. The predicted octanol–water partition coefficient (Wildman–Crippen LogP) is 4.56. The first-order valence-electron chi connectivity index (χ1n) is 13.4. The number of halogens is 1. The minimum atomic E-state index is -1.82. The lowest BCUT2D eigenvalue weighted by atomic mass is 9.82. The average molecular weight is 653 g/mol. The first-order valence-corrected chi connectivity index (χ1v) is 14.4. The van der Waals surface area contributed by atoms with Gasteiger partial charge in [0.05, 0.1) is 32.0 Å². The largest absolute Gasteiger partial charge is 0.497 e. The van der Waals surface area contributed by atoms with Crippen molar-refractivity contribution in [2.45, 2.75) is 44.5 Å². The first-order chi connectivity index (χ1) is 19.3. The van der Waals surface area contributed by atoms with E-state index in [0.29, 0.717) is 36.5 Å². The van der Waals surface area contributed by atoms with Crippen LogP contribution in [0.15, 0.2) is 78.9 Å². The molecule has 0 bridgehead atoms. The molecule has 3 aromatic carbocycles. The number of fused-ring (bicyclic) bond motifs is 2. The smallest absolute Gasteiger partial charge is 0.264 e. The molecule has 8 heteroatoms. The Labute approximate surface area is 248 Å². The summed E-state index contributed by atoms with van der Waals surface area (Å²) in [6, 6.07) is 20.9. The molecule has 0 fully saturated rings. The van der Waals surface area contributed by atoms with Gasteiger partial charge in [-0.25, -0.2) is 0 Å². The molecule has 2 aliphatic rings. The van der Waals surface area contributed by atoms with Crippen LogP contribution in [0.4, 0.5) is 5.69 Å². The highest BCUT2D eigenvalue weighted by Gasteiger charge is 2.52. The van der Waals surface area contributed by atoms with Gasteiger partial charge in [-0.1, -0.05) is 55.5 Å². The van der Waals surface area contributed by atoms with Gasteiger partial charge >= 0.3 is 0 Å². The highest BCUT2D eigenvalue weighted by Crippen LogP contribution is 2.47. The highest BCUT2D eigenvalue weighted by atomic mass is 127. The van der Waals surface area contributed by atoms with Gasteiger partial charge in [-0.3, -0.25) is 9.59 Å². The van der Waals surface area contributed by atoms with E-state index in [9.17, 15) is 19.8 Å². The lowest BCUT2D eigenvalue weighted by Gasteiger charge is -2.36. The van der Waals surface area contributed by atoms with E-state index in [1.165, 1.54) is 0 Å². The van der Waals surface area contributed by atoms with Crippen LogP contribution in [0.3, 0.4) is 0 Å². The lowest BCUT2D eigenvalue weighted by Crippen LogP contribution is -2.46. The van der Waals surface area contributed by atoms with Crippen molar-refractivity contribution in [1.29, 1.82) is 0 Å². The van der Waals surface area contributed by atoms with Crippen molar-refractivity contribution in [3.05, 3.63) is 105 Å². The van der Waals surface area contributed by atoms with E-state index < -0.39 is 17.4 Å². The normalized spacial score (nSPS) is 20.9. The lowest BCUT2D eigenvalue weighted by molar-refractivity contribution is -0.139. The van der Waals surface area contributed by atoms with Gasteiger partial charge in [-0.15, -0.1) is 0 Å². The fraction of sp³-hybridized carbons (Fsp3) is 0.312. The zero-order valence-corrected chi connectivity index (χ0v) is 24.7. The van der Waals surface area contributed by atoms with Crippen molar-refractivity contribution in [3.8, 4) is 5.75 Å². The molecule has 3 atom stereocenters. The SMILES string of the molecule is COc1ccc2c(c1)[C@](O)([C@@H](C)/C=C/CC(=O)N1Cc3ccccc3C[C@H]1CO)C(=O)N2Cc1cccc(I)c1. The number of anilines is 1. The van der Waals surface area contributed by atoms with Crippen molar-refractivity contribution in [2.24, 2.45) is 5.92 Å². The summed E-state index contributed by atoms with van der Waals surface area (Å²) >= 11 is 2.24. The maximum absolute atomic E-state index is 13.9. The van der Waals surface area contributed by atoms with Crippen LogP contribution in [-0.2, 0) is 34.7 Å². The number of carbonyl (C=O) groups is 2. The van der Waals surface area contributed by atoms with E-state index in [4.69, 9.17) is 4.74 Å². The molecule has 0 aromatic heterocycles. The minimum Gasteiger partial charge on any atom is -0.497 e. The number of nitrogens with zero attached hydrogens (tertiary/aromatic N) is 2. The van der Waals surface area contributed by atoms with Crippen LogP contribution >= 0.6 is 22.6 Å². The fourth-order valence-corrected chi connectivity index (χ4v) is 6.31. The average Bonchev–Trinajstić information content (AvgIpc) is 3.18. The van der Waals surface area contributed by atoms with E-state index in [1.807, 2.05) is 48.5 Å². The Kier molecular flexibility index (Phi) is 8.30. The van der Waals surface area contributed by atoms with Crippen LogP contribution in [0, 0.1) is 9.49 Å². The number of ether oxygens (including phenoxy) is 1. The number of amides is 2. The zero-order chi connectivity index (χ0) is 28.4. The van der Waals surface area contributed by atoms with E-state index >= 15 is 0 Å². The summed E-state index contributed by atoms with van der Waals surface area (Å²) in [5, 5.41) is 21.9. The monoisotopic (exact) mass is 652 g/mol. The van der Waals surface area contributed by atoms with Gasteiger partial charge in [0.1, 0.15) is 5.75 Å². The Morgan fingerprint density at radius 2 is 1.93 bits per heavy atom. The van der Waals surface area contributed by atoms with Crippen LogP contribution in [0.5, 0.6) is 5.75 Å². The molecule has 7 nitrogen and oxygen atoms in total. The molecule has 2 aliphatic heterocycles. The molecule has 0 saturated heterocycles. The Bertz CT molecular complexity index is 1460. The van der Waals surface area contributed by atoms with E-state index in [-0.39, 0.29) is 25.0 Å². The summed E-state index contributed by atoms with van der Waals surface area (Å²) in [4.78, 5) is 30.4. The third-order valence-electron chi connectivity index (χ3n) is 7.97. The minimum absolute atomic E-state index is 0.102. The summed E-state index contributed by atoms with van der Waals surface area (Å²) in [6.07, 6.45) is 4.17. The zero-order valence-electron chi connectivity index (χ0n) is 22.6. The number of hydrogen-bond acceptors (Lipinski definition) is 5. The van der Waals surface area contributed by atoms with Crippen LogP contribution in [0.1, 0.15) is 35.6 Å². The summed E-state index contributed by atoms with van der Waals surface area (Å²) < 4.78 is 6.48. The molecular formula is C32H33IN2O5. The quantitative estimate of drug-likeness (QED) is 0.275. The Morgan fingerprint density at radius 3 is 2.65 bits per heavy atom. The molecular weight excluding hydrogens is 619 g/mol. The summed E-state index contributed by atoms with van der Waals surface area (Å²) in [6.45, 7) is 2.45. The highest BCUT2D eigenvalue weighted by molar-refractivity contribution is 14.1. The van der Waals surface area contributed by atoms with Gasteiger partial charge in [0, 0.05) is 28.0 Å². The number of carbonyl (C=O) groups excluding carboxylic acids is 2. The molecule has 0 unspecified atom stereocenters. The number of benzene rings is 3. The molecule has 0 saturated carbocycles. The molecule has 5 rings (SSSR count). The number of hydrogen-bond donors (Lipinski definition) is 2. The molecule has 2 amide bonds. The maximum atomic E-state index is 13.9. The van der Waals surface area contributed by atoms with Crippen LogP contribution in [0.2, 0.25) is 0 Å². The molecule has 2 N–H and O–H groups in total. The molecule has 208 valence electrons. The van der Waals surface area contributed by atoms with Gasteiger partial charge < -0.3 is 24.7 Å². The van der Waals surface area contributed by atoms with Gasteiger partial charge in [-0.05, 0) is 76.0 Å². The second kappa shape index (κ2) is 11.7. The molecule has 0 radical (unpaired) electrons. The molecule has 3 aromatic rings. The van der Waals surface area contributed by atoms with Crippen LogP contribution in [0.25, 0.3) is 0 Å². The standard InChI is InChI=1S/C32H33IN2O5/c1-21(7-5-12-30(37)34-19-24-10-4-3-9-23(24)16-26(34)20-36)32(39)28-17-27(40-2)13-14-29(28)35(31(32)38)18-22-8-6-11-25(33)15-22/h3-11,13-15,17,21,26,36,39H,12,16,18-20H2,1-2H3/b7-5+/t21-,26-,32+/m0/s1. The summed E-state index contributed by atoms with van der Waals surface area (Å²) in [5.41, 5.74) is 2.51. The van der Waals surface area contributed by atoms with E-state index in [1.54, 1.807) is 54.2 Å². The molecule has 2 heterocycles. The number of methoxy groups -OCH3 is 1. The third-order valence-corrected chi connectivity index (χ3v) is 8.64. The first kappa shape index (κ1) is 28.3. The Hall–Kier alpha value is -3.21. The van der Waals surface area contributed by atoms with Gasteiger partial charge in [0.25, 0.3) is 5.91 Å². The predicted molar refractivity (Wildman–Crippen MR) is 162 cm³/mol. The Balaban J connectivity index is 1.36. The summed E-state index contributed by atoms with van der Waals surface area (Å²) in [7, 11) is 1.55. The van der Waals surface area contributed by atoms with E-state index in [2.05, 4.69) is 22.6 Å². The van der Waals surface area contributed by atoms with Crippen molar-refractivity contribution in [1.82, 2.24) is 4.90 Å². The molecule has 0 aliphatic carbocycles. The van der Waals surface area contributed by atoms with Crippen LogP contribution < -0.4 is 9.64 Å². The second-order valence-electron chi connectivity index (χ2n) is 10.4. The van der Waals surface area contributed by atoms with Gasteiger partial charge in [-0.2, -0.15) is 0 Å². The fourth-order valence-electron chi connectivity index (χ4n) is 5.70. The number of aliphatic hydroxyl groups excluding tert-OH is 1. The maximum Gasteiger partial charge on any atom is 0.264 e. The van der Waals surface area contributed by atoms with Gasteiger partial charge in [0.15, 0.2) is 5.60 Å². The third kappa shape index (κ3) is 5.27. The van der Waals surface area contributed by atoms with Crippen molar-refractivity contribution >= 4 is 40.1 Å².